The third-order valence-electron chi connectivity index (χ3n) is 3.00. The normalized spacial score (nSPS) is 12.1. The Hall–Kier alpha value is -1.39. The highest BCUT2D eigenvalue weighted by Gasteiger charge is 2.08. The maximum Gasteiger partial charge on any atom is 0.234 e. The minimum absolute atomic E-state index is 0.0172. The molecule has 0 aliphatic carbocycles. The number of amides is 1. The second-order valence-corrected chi connectivity index (χ2v) is 4.52. The molecule has 1 atom stereocenters. The third kappa shape index (κ3) is 6.94. The van der Waals surface area contributed by atoms with Crippen LogP contribution in [0.15, 0.2) is 30.3 Å². The zero-order valence-electron chi connectivity index (χ0n) is 11.8. The van der Waals surface area contributed by atoms with Gasteiger partial charge in [-0.05, 0) is 18.4 Å². The fourth-order valence-electron chi connectivity index (χ4n) is 1.85. The SMILES string of the molecule is CCC(Cc1ccccc1)NCC(=O)NCCOC. The maximum absolute atomic E-state index is 11.6. The fourth-order valence-corrected chi connectivity index (χ4v) is 1.85. The summed E-state index contributed by atoms with van der Waals surface area (Å²) in [5, 5.41) is 6.09. The van der Waals surface area contributed by atoms with E-state index >= 15 is 0 Å². The van der Waals surface area contributed by atoms with Gasteiger partial charge in [0.1, 0.15) is 0 Å². The van der Waals surface area contributed by atoms with Crippen molar-refractivity contribution in [2.45, 2.75) is 25.8 Å². The molecule has 0 aliphatic rings. The molecule has 1 unspecified atom stereocenters. The van der Waals surface area contributed by atoms with Crippen LogP contribution in [0.25, 0.3) is 0 Å². The minimum atomic E-state index is 0.0172. The first kappa shape index (κ1) is 15.7. The average molecular weight is 264 g/mol. The molecule has 0 saturated heterocycles. The Balaban J connectivity index is 2.27. The van der Waals surface area contributed by atoms with Crippen LogP contribution in [-0.4, -0.2) is 38.8 Å². The number of ether oxygens (including phenoxy) is 1. The summed E-state index contributed by atoms with van der Waals surface area (Å²) in [6, 6.07) is 10.7. The number of hydrogen-bond donors (Lipinski definition) is 2. The van der Waals surface area contributed by atoms with Crippen molar-refractivity contribution >= 4 is 5.91 Å². The Morgan fingerprint density at radius 1 is 1.32 bits per heavy atom. The molecule has 1 aromatic carbocycles. The van der Waals surface area contributed by atoms with Gasteiger partial charge in [0.15, 0.2) is 0 Å². The number of carbonyl (C=O) groups is 1. The van der Waals surface area contributed by atoms with Gasteiger partial charge in [-0.25, -0.2) is 0 Å². The van der Waals surface area contributed by atoms with E-state index in [1.807, 2.05) is 18.2 Å². The van der Waals surface area contributed by atoms with Gasteiger partial charge in [-0.15, -0.1) is 0 Å². The van der Waals surface area contributed by atoms with Crippen LogP contribution in [0.4, 0.5) is 0 Å². The first-order valence-electron chi connectivity index (χ1n) is 6.79. The van der Waals surface area contributed by atoms with Gasteiger partial charge in [0, 0.05) is 19.7 Å². The summed E-state index contributed by atoms with van der Waals surface area (Å²) >= 11 is 0. The highest BCUT2D eigenvalue weighted by molar-refractivity contribution is 5.77. The molecule has 2 N–H and O–H groups in total. The van der Waals surface area contributed by atoms with Crippen molar-refractivity contribution in [3.63, 3.8) is 0 Å². The molecule has 4 heteroatoms. The molecule has 4 nitrogen and oxygen atoms in total. The smallest absolute Gasteiger partial charge is 0.234 e. The van der Waals surface area contributed by atoms with Gasteiger partial charge < -0.3 is 15.4 Å². The Labute approximate surface area is 115 Å². The summed E-state index contributed by atoms with van der Waals surface area (Å²) in [5.41, 5.74) is 1.29. The summed E-state index contributed by atoms with van der Waals surface area (Å²) in [6.45, 7) is 3.60. The largest absolute Gasteiger partial charge is 0.383 e. The Morgan fingerprint density at radius 2 is 2.05 bits per heavy atom. The molecule has 0 heterocycles. The molecular weight excluding hydrogens is 240 g/mol. The summed E-state index contributed by atoms with van der Waals surface area (Å²) in [5.74, 6) is 0.0172. The molecule has 0 spiro atoms. The summed E-state index contributed by atoms with van der Waals surface area (Å²) in [7, 11) is 1.62. The van der Waals surface area contributed by atoms with Gasteiger partial charge in [-0.3, -0.25) is 4.79 Å². The zero-order valence-corrected chi connectivity index (χ0v) is 11.8. The molecule has 1 rings (SSSR count). The van der Waals surface area contributed by atoms with Gasteiger partial charge in [0.25, 0.3) is 0 Å². The molecule has 0 aliphatic heterocycles. The standard InChI is InChI=1S/C15H24N2O2/c1-3-14(11-13-7-5-4-6-8-13)17-12-15(18)16-9-10-19-2/h4-8,14,17H,3,9-12H2,1-2H3,(H,16,18). The van der Waals surface area contributed by atoms with E-state index in [9.17, 15) is 4.79 Å². The lowest BCUT2D eigenvalue weighted by Gasteiger charge is -2.16. The molecule has 19 heavy (non-hydrogen) atoms. The highest BCUT2D eigenvalue weighted by Crippen LogP contribution is 2.05. The Kier molecular flexibility index (Phi) is 7.86. The van der Waals surface area contributed by atoms with Crippen molar-refractivity contribution in [2.24, 2.45) is 0 Å². The van der Waals surface area contributed by atoms with Crippen molar-refractivity contribution in [1.82, 2.24) is 10.6 Å². The molecule has 0 bridgehead atoms. The van der Waals surface area contributed by atoms with Crippen LogP contribution in [-0.2, 0) is 16.0 Å². The Bertz CT molecular complexity index is 354. The van der Waals surface area contributed by atoms with Crippen molar-refractivity contribution in [2.75, 3.05) is 26.8 Å². The minimum Gasteiger partial charge on any atom is -0.383 e. The van der Waals surface area contributed by atoms with Gasteiger partial charge in [-0.2, -0.15) is 0 Å². The first-order chi connectivity index (χ1) is 9.26. The number of rotatable bonds is 9. The summed E-state index contributed by atoms with van der Waals surface area (Å²) in [6.07, 6.45) is 1.95. The van der Waals surface area contributed by atoms with E-state index in [-0.39, 0.29) is 5.91 Å². The van der Waals surface area contributed by atoms with Gasteiger partial charge in [0.2, 0.25) is 5.91 Å². The number of hydrogen-bond acceptors (Lipinski definition) is 3. The number of nitrogens with one attached hydrogen (secondary N) is 2. The van der Waals surface area contributed by atoms with E-state index in [4.69, 9.17) is 4.74 Å². The number of benzene rings is 1. The van der Waals surface area contributed by atoms with Crippen LogP contribution in [0, 0.1) is 0 Å². The van der Waals surface area contributed by atoms with E-state index in [0.29, 0.717) is 25.7 Å². The molecule has 1 aromatic rings. The van der Waals surface area contributed by atoms with Crippen LogP contribution in [0.2, 0.25) is 0 Å². The van der Waals surface area contributed by atoms with Crippen molar-refractivity contribution in [1.29, 1.82) is 0 Å². The second kappa shape index (κ2) is 9.53. The van der Waals surface area contributed by atoms with E-state index in [1.165, 1.54) is 5.56 Å². The Morgan fingerprint density at radius 3 is 2.68 bits per heavy atom. The van der Waals surface area contributed by atoms with Crippen LogP contribution < -0.4 is 10.6 Å². The summed E-state index contributed by atoms with van der Waals surface area (Å²) in [4.78, 5) is 11.6. The van der Waals surface area contributed by atoms with Crippen LogP contribution in [0.1, 0.15) is 18.9 Å². The molecule has 0 saturated carbocycles. The maximum atomic E-state index is 11.6. The van der Waals surface area contributed by atoms with Crippen molar-refractivity contribution in [3.8, 4) is 0 Å². The van der Waals surface area contributed by atoms with Crippen molar-refractivity contribution < 1.29 is 9.53 Å². The lowest BCUT2D eigenvalue weighted by Crippen LogP contribution is -2.40. The highest BCUT2D eigenvalue weighted by atomic mass is 16.5. The molecule has 0 aromatic heterocycles. The van der Waals surface area contributed by atoms with Crippen LogP contribution in [0.5, 0.6) is 0 Å². The molecule has 1 amide bonds. The predicted molar refractivity (Wildman–Crippen MR) is 77.1 cm³/mol. The van der Waals surface area contributed by atoms with E-state index in [2.05, 4.69) is 29.7 Å². The van der Waals surface area contributed by atoms with E-state index in [1.54, 1.807) is 7.11 Å². The average Bonchev–Trinajstić information content (AvgIpc) is 2.45. The molecular formula is C15H24N2O2. The number of methoxy groups -OCH3 is 1. The van der Waals surface area contributed by atoms with Crippen LogP contribution >= 0.6 is 0 Å². The van der Waals surface area contributed by atoms with Gasteiger partial charge >= 0.3 is 0 Å². The van der Waals surface area contributed by atoms with Gasteiger partial charge in [-0.1, -0.05) is 37.3 Å². The number of carbonyl (C=O) groups excluding carboxylic acids is 1. The lowest BCUT2D eigenvalue weighted by molar-refractivity contribution is -0.120. The molecule has 0 fully saturated rings. The van der Waals surface area contributed by atoms with E-state index in [0.717, 1.165) is 12.8 Å². The second-order valence-electron chi connectivity index (χ2n) is 4.52. The molecule has 0 radical (unpaired) electrons. The zero-order chi connectivity index (χ0) is 13.9. The first-order valence-corrected chi connectivity index (χ1v) is 6.79. The molecule has 106 valence electrons. The predicted octanol–water partition coefficient (Wildman–Crippen LogP) is 1.36. The van der Waals surface area contributed by atoms with Crippen molar-refractivity contribution in [3.05, 3.63) is 35.9 Å². The van der Waals surface area contributed by atoms with Gasteiger partial charge in [0.05, 0.1) is 13.2 Å². The fraction of sp³-hybridized carbons (Fsp3) is 0.533. The topological polar surface area (TPSA) is 50.4 Å². The lowest BCUT2D eigenvalue weighted by atomic mass is 10.0. The quantitative estimate of drug-likeness (QED) is 0.662. The van der Waals surface area contributed by atoms with E-state index < -0.39 is 0 Å². The van der Waals surface area contributed by atoms with Crippen LogP contribution in [0.3, 0.4) is 0 Å². The monoisotopic (exact) mass is 264 g/mol. The summed E-state index contributed by atoms with van der Waals surface area (Å²) < 4.78 is 4.88. The third-order valence-corrected chi connectivity index (χ3v) is 3.00.